The summed E-state index contributed by atoms with van der Waals surface area (Å²) in [5, 5.41) is 3.29. The Hall–Kier alpha value is -1.21. The molecule has 4 nitrogen and oxygen atoms in total. The second-order valence-electron chi connectivity index (χ2n) is 4.44. The second-order valence-corrected chi connectivity index (χ2v) is 6.98. The Morgan fingerprint density at radius 3 is 2.95 bits per heavy atom. The average molecular weight is 357 g/mol. The van der Waals surface area contributed by atoms with Crippen molar-refractivity contribution in [1.29, 1.82) is 0 Å². The first-order valence-corrected chi connectivity index (χ1v) is 9.07. The molecule has 1 N–H and O–H groups in total. The Labute approximate surface area is 141 Å². The van der Waals surface area contributed by atoms with Crippen LogP contribution >= 0.6 is 22.9 Å². The van der Waals surface area contributed by atoms with Gasteiger partial charge in [-0.3, -0.25) is 0 Å². The van der Waals surface area contributed by atoms with Gasteiger partial charge in [-0.25, -0.2) is 9.19 Å². The summed E-state index contributed by atoms with van der Waals surface area (Å²) in [6, 6.07) is 5.37. The predicted molar refractivity (Wildman–Crippen MR) is 92.4 cm³/mol. The van der Waals surface area contributed by atoms with Crippen molar-refractivity contribution in [3.05, 3.63) is 46.6 Å². The van der Waals surface area contributed by atoms with Crippen molar-refractivity contribution in [2.45, 2.75) is 18.2 Å². The minimum atomic E-state index is -1.38. The van der Waals surface area contributed by atoms with E-state index in [1.54, 1.807) is 19.4 Å². The number of ether oxygens (including phenoxy) is 1. The summed E-state index contributed by atoms with van der Waals surface area (Å²) in [5.41, 5.74) is 1.74. The lowest BCUT2D eigenvalue weighted by molar-refractivity contribution is 0.201. The van der Waals surface area contributed by atoms with Crippen LogP contribution in [0, 0.1) is 0 Å². The van der Waals surface area contributed by atoms with Crippen molar-refractivity contribution in [2.24, 2.45) is 0 Å². The molecule has 0 aliphatic heterocycles. The fraction of sp³-hybridized carbons (Fsp3) is 0.267. The third-order valence-corrected chi connectivity index (χ3v) is 5.06. The van der Waals surface area contributed by atoms with Gasteiger partial charge in [0.1, 0.15) is 16.0 Å². The van der Waals surface area contributed by atoms with Gasteiger partial charge in [-0.1, -0.05) is 17.7 Å². The van der Waals surface area contributed by atoms with Crippen molar-refractivity contribution in [3.63, 3.8) is 0 Å². The van der Waals surface area contributed by atoms with Gasteiger partial charge in [-0.05, 0) is 25.1 Å². The van der Waals surface area contributed by atoms with E-state index < -0.39 is 11.0 Å². The van der Waals surface area contributed by atoms with Crippen LogP contribution in [0.5, 0.6) is 0 Å². The number of halogens is 1. The van der Waals surface area contributed by atoms with Gasteiger partial charge in [-0.15, -0.1) is 11.3 Å². The van der Waals surface area contributed by atoms with E-state index in [1.807, 2.05) is 30.5 Å². The maximum Gasteiger partial charge on any atom is 0.150 e. The van der Waals surface area contributed by atoms with Crippen LogP contribution in [0.2, 0.25) is 5.02 Å². The van der Waals surface area contributed by atoms with E-state index in [4.69, 9.17) is 16.3 Å². The zero-order valence-corrected chi connectivity index (χ0v) is 14.7. The Balaban J connectivity index is 2.19. The molecule has 2 aromatic rings. The summed E-state index contributed by atoms with van der Waals surface area (Å²) in [5.74, 6) is 0. The third-order valence-electron chi connectivity index (χ3n) is 2.91. The predicted octanol–water partition coefficient (Wildman–Crippen LogP) is 4.02. The highest BCUT2D eigenvalue weighted by molar-refractivity contribution is 7.83. The number of nitrogens with one attached hydrogen (secondary N) is 1. The van der Waals surface area contributed by atoms with Crippen LogP contribution in [0.25, 0.3) is 10.6 Å². The molecule has 0 spiro atoms. The highest BCUT2D eigenvalue weighted by Gasteiger charge is 2.10. The van der Waals surface area contributed by atoms with E-state index in [9.17, 15) is 4.21 Å². The van der Waals surface area contributed by atoms with E-state index >= 15 is 0 Å². The van der Waals surface area contributed by atoms with Gasteiger partial charge < -0.3 is 9.46 Å². The molecule has 22 heavy (non-hydrogen) atoms. The normalized spacial score (nSPS) is 13.1. The van der Waals surface area contributed by atoms with Crippen LogP contribution in [0.15, 0.2) is 46.4 Å². The molecule has 0 bridgehead atoms. The summed E-state index contributed by atoms with van der Waals surface area (Å²) < 4.78 is 20.5. The average Bonchev–Trinajstić information content (AvgIpc) is 3.05. The minimum Gasteiger partial charge on any atom is -0.384 e. The SMILES string of the molecule is C/C=C(\CCOC)NS(=O)c1cc(Cl)cc(-c2nccs2)c1. The lowest BCUT2D eigenvalue weighted by atomic mass is 10.2. The van der Waals surface area contributed by atoms with Crippen LogP contribution < -0.4 is 4.72 Å². The molecule has 0 radical (unpaired) electrons. The number of benzene rings is 1. The Morgan fingerprint density at radius 2 is 2.32 bits per heavy atom. The molecule has 0 aliphatic carbocycles. The van der Waals surface area contributed by atoms with E-state index in [0.717, 1.165) is 16.3 Å². The van der Waals surface area contributed by atoms with Crippen molar-refractivity contribution in [3.8, 4) is 10.6 Å². The van der Waals surface area contributed by atoms with Gasteiger partial charge in [0.25, 0.3) is 0 Å². The summed E-state index contributed by atoms with van der Waals surface area (Å²) in [6.07, 6.45) is 4.31. The summed E-state index contributed by atoms with van der Waals surface area (Å²) in [4.78, 5) is 4.88. The van der Waals surface area contributed by atoms with Gasteiger partial charge in [0.05, 0.1) is 11.5 Å². The molecule has 1 aromatic heterocycles. The molecular weight excluding hydrogens is 340 g/mol. The van der Waals surface area contributed by atoms with Crippen LogP contribution in [-0.4, -0.2) is 22.9 Å². The van der Waals surface area contributed by atoms with E-state index in [0.29, 0.717) is 22.9 Å². The minimum absolute atomic E-state index is 0.539. The van der Waals surface area contributed by atoms with Crippen LogP contribution in [-0.2, 0) is 15.7 Å². The summed E-state index contributed by atoms with van der Waals surface area (Å²) >= 11 is 7.66. The molecule has 118 valence electrons. The van der Waals surface area contributed by atoms with Gasteiger partial charge in [0.15, 0.2) is 0 Å². The second kappa shape index (κ2) is 8.43. The molecule has 7 heteroatoms. The first kappa shape index (κ1) is 17.1. The van der Waals surface area contributed by atoms with Crippen LogP contribution in [0.3, 0.4) is 0 Å². The van der Waals surface area contributed by atoms with Crippen molar-refractivity contribution in [1.82, 2.24) is 9.71 Å². The van der Waals surface area contributed by atoms with Crippen LogP contribution in [0.4, 0.5) is 0 Å². The van der Waals surface area contributed by atoms with E-state index in [1.165, 1.54) is 11.3 Å². The summed E-state index contributed by atoms with van der Waals surface area (Å²) in [7, 11) is 0.260. The van der Waals surface area contributed by atoms with Crippen molar-refractivity contribution >= 4 is 33.9 Å². The molecule has 0 amide bonds. The largest absolute Gasteiger partial charge is 0.384 e. The fourth-order valence-electron chi connectivity index (χ4n) is 1.80. The Bertz CT molecular complexity index is 672. The van der Waals surface area contributed by atoms with Crippen molar-refractivity contribution < 1.29 is 8.95 Å². The Morgan fingerprint density at radius 1 is 1.50 bits per heavy atom. The highest BCUT2D eigenvalue weighted by Crippen LogP contribution is 2.27. The first-order valence-electron chi connectivity index (χ1n) is 6.67. The first-order chi connectivity index (χ1) is 10.6. The van der Waals surface area contributed by atoms with Gasteiger partial charge in [0, 0.05) is 41.4 Å². The number of hydrogen-bond donors (Lipinski definition) is 1. The molecule has 0 saturated carbocycles. The molecule has 0 fully saturated rings. The van der Waals surface area contributed by atoms with Gasteiger partial charge in [-0.2, -0.15) is 0 Å². The van der Waals surface area contributed by atoms with Crippen molar-refractivity contribution in [2.75, 3.05) is 13.7 Å². The number of rotatable bonds is 7. The monoisotopic (exact) mass is 356 g/mol. The number of allylic oxidation sites excluding steroid dienone is 1. The number of hydrogen-bond acceptors (Lipinski definition) is 4. The smallest absolute Gasteiger partial charge is 0.150 e. The number of aromatic nitrogens is 1. The molecule has 1 aromatic carbocycles. The number of thiazole rings is 1. The molecule has 1 heterocycles. The van der Waals surface area contributed by atoms with E-state index in [-0.39, 0.29) is 0 Å². The molecular formula is C15H17ClN2O2S2. The molecule has 0 saturated heterocycles. The highest BCUT2D eigenvalue weighted by atomic mass is 35.5. The van der Waals surface area contributed by atoms with Crippen LogP contribution in [0.1, 0.15) is 13.3 Å². The topological polar surface area (TPSA) is 51.2 Å². The lowest BCUT2D eigenvalue weighted by Gasteiger charge is -2.11. The zero-order chi connectivity index (χ0) is 15.9. The maximum atomic E-state index is 12.5. The third kappa shape index (κ3) is 4.64. The molecule has 1 unspecified atom stereocenters. The Kier molecular flexibility index (Phi) is 6.57. The zero-order valence-electron chi connectivity index (χ0n) is 12.3. The number of nitrogens with zero attached hydrogens (tertiary/aromatic N) is 1. The molecule has 2 rings (SSSR count). The maximum absolute atomic E-state index is 12.5. The molecule has 1 atom stereocenters. The standard InChI is InChI=1S/C15H17ClN2O2S2/c1-3-13(4-6-20-2)18-22(19)14-9-11(8-12(16)10-14)15-17-5-7-21-15/h3,5,7-10,18H,4,6H2,1-2H3/b13-3+. The fourth-order valence-corrected chi connectivity index (χ4v) is 3.77. The molecule has 0 aliphatic rings. The number of methoxy groups -OCH3 is 1. The summed E-state index contributed by atoms with van der Waals surface area (Å²) in [6.45, 7) is 2.47. The van der Waals surface area contributed by atoms with E-state index in [2.05, 4.69) is 9.71 Å². The quantitative estimate of drug-likeness (QED) is 0.815. The van der Waals surface area contributed by atoms with Gasteiger partial charge >= 0.3 is 0 Å². The van der Waals surface area contributed by atoms with Gasteiger partial charge in [0.2, 0.25) is 0 Å². The lowest BCUT2D eigenvalue weighted by Crippen LogP contribution is -2.18.